The molecule has 0 aromatic heterocycles. The Morgan fingerprint density at radius 3 is 2.18 bits per heavy atom. The first-order valence-corrected chi connectivity index (χ1v) is 4.19. The van der Waals surface area contributed by atoms with Gasteiger partial charge in [0.1, 0.15) is 0 Å². The van der Waals surface area contributed by atoms with Crippen LogP contribution in [0.3, 0.4) is 0 Å². The Morgan fingerprint density at radius 2 is 1.82 bits per heavy atom. The van der Waals surface area contributed by atoms with Crippen LogP contribution in [-0.2, 0) is 4.79 Å². The molecule has 0 fully saturated rings. The first kappa shape index (κ1) is 10.2. The fourth-order valence-corrected chi connectivity index (χ4v) is 0.741. The monoisotopic (exact) mass is 155 g/mol. The molecule has 0 unspecified atom stereocenters. The third kappa shape index (κ3) is 4.59. The molecule has 0 heterocycles. The third-order valence-electron chi connectivity index (χ3n) is 1.63. The minimum Gasteiger partial charge on any atom is -0.378 e. The molecular formula is C9H17NO. The largest absolute Gasteiger partial charge is 0.378 e. The van der Waals surface area contributed by atoms with Crippen molar-refractivity contribution in [3.63, 3.8) is 0 Å². The van der Waals surface area contributed by atoms with E-state index in [9.17, 15) is 4.79 Å². The van der Waals surface area contributed by atoms with E-state index in [2.05, 4.69) is 18.7 Å². The lowest BCUT2D eigenvalue weighted by Crippen LogP contribution is -2.15. The number of rotatable bonds is 5. The molecule has 2 heteroatoms. The molecule has 11 heavy (non-hydrogen) atoms. The third-order valence-corrected chi connectivity index (χ3v) is 1.63. The first-order valence-electron chi connectivity index (χ1n) is 4.19. The summed E-state index contributed by atoms with van der Waals surface area (Å²) >= 11 is 0. The van der Waals surface area contributed by atoms with E-state index in [0.717, 1.165) is 13.1 Å². The van der Waals surface area contributed by atoms with Crippen molar-refractivity contribution in [3.8, 4) is 0 Å². The van der Waals surface area contributed by atoms with Gasteiger partial charge in [0.25, 0.3) is 0 Å². The smallest absolute Gasteiger partial charge is 0.156 e. The molecule has 0 bridgehead atoms. The zero-order chi connectivity index (χ0) is 8.69. The maximum atomic E-state index is 10.8. The highest BCUT2D eigenvalue weighted by atomic mass is 16.1. The second-order valence-corrected chi connectivity index (χ2v) is 2.36. The zero-order valence-electron chi connectivity index (χ0n) is 7.63. The van der Waals surface area contributed by atoms with Gasteiger partial charge in [-0.15, -0.1) is 0 Å². The van der Waals surface area contributed by atoms with Crippen LogP contribution in [0.5, 0.6) is 0 Å². The van der Waals surface area contributed by atoms with Crippen LogP contribution in [0, 0.1) is 0 Å². The zero-order valence-corrected chi connectivity index (χ0v) is 7.63. The summed E-state index contributed by atoms with van der Waals surface area (Å²) in [6, 6.07) is 0. The lowest BCUT2D eigenvalue weighted by atomic mass is 10.3. The molecule has 0 saturated carbocycles. The van der Waals surface area contributed by atoms with Gasteiger partial charge in [-0.3, -0.25) is 4.79 Å². The Bertz CT molecular complexity index is 136. The molecule has 0 aliphatic heterocycles. The highest BCUT2D eigenvalue weighted by Crippen LogP contribution is 1.90. The maximum absolute atomic E-state index is 10.8. The fourth-order valence-electron chi connectivity index (χ4n) is 0.741. The average Bonchev–Trinajstić information content (AvgIpc) is 2.06. The van der Waals surface area contributed by atoms with Crippen LogP contribution < -0.4 is 0 Å². The van der Waals surface area contributed by atoms with Gasteiger partial charge in [-0.1, -0.05) is 6.92 Å². The van der Waals surface area contributed by atoms with Gasteiger partial charge in [-0.2, -0.15) is 0 Å². The fraction of sp³-hybridized carbons (Fsp3) is 0.667. The van der Waals surface area contributed by atoms with Gasteiger partial charge < -0.3 is 4.90 Å². The molecule has 0 atom stereocenters. The van der Waals surface area contributed by atoms with E-state index >= 15 is 0 Å². The minimum absolute atomic E-state index is 0.192. The van der Waals surface area contributed by atoms with Gasteiger partial charge >= 0.3 is 0 Å². The Kier molecular flexibility index (Phi) is 5.53. The van der Waals surface area contributed by atoms with Crippen molar-refractivity contribution >= 4 is 5.78 Å². The van der Waals surface area contributed by atoms with Crippen molar-refractivity contribution in [3.05, 3.63) is 12.3 Å². The Labute approximate surface area is 68.9 Å². The molecule has 64 valence electrons. The number of allylic oxidation sites excluding steroid dienone is 1. The Balaban J connectivity index is 3.78. The van der Waals surface area contributed by atoms with Crippen LogP contribution in [0.25, 0.3) is 0 Å². The summed E-state index contributed by atoms with van der Waals surface area (Å²) in [7, 11) is 0. The molecule has 0 aliphatic carbocycles. The molecule has 0 aromatic rings. The van der Waals surface area contributed by atoms with Gasteiger partial charge in [-0.25, -0.2) is 0 Å². The summed E-state index contributed by atoms with van der Waals surface area (Å²) in [6.07, 6.45) is 4.11. The van der Waals surface area contributed by atoms with Crippen molar-refractivity contribution < 1.29 is 4.79 Å². The van der Waals surface area contributed by atoms with E-state index in [0.29, 0.717) is 6.42 Å². The quantitative estimate of drug-likeness (QED) is 0.564. The second-order valence-electron chi connectivity index (χ2n) is 2.36. The van der Waals surface area contributed by atoms with Gasteiger partial charge in [0.05, 0.1) is 0 Å². The SMILES string of the molecule is CCC(=O)/C=C/N(CC)CC. The van der Waals surface area contributed by atoms with Crippen LogP contribution in [0.1, 0.15) is 27.2 Å². The normalized spacial score (nSPS) is 10.5. The maximum Gasteiger partial charge on any atom is 0.156 e. The minimum atomic E-state index is 0.192. The molecule has 0 radical (unpaired) electrons. The van der Waals surface area contributed by atoms with Crippen LogP contribution in [0.2, 0.25) is 0 Å². The van der Waals surface area contributed by atoms with Crippen LogP contribution in [0.4, 0.5) is 0 Å². The van der Waals surface area contributed by atoms with Gasteiger partial charge in [0.15, 0.2) is 5.78 Å². The summed E-state index contributed by atoms with van der Waals surface area (Å²) < 4.78 is 0. The Morgan fingerprint density at radius 1 is 1.27 bits per heavy atom. The van der Waals surface area contributed by atoms with E-state index < -0.39 is 0 Å². The molecule has 0 amide bonds. The van der Waals surface area contributed by atoms with Crippen molar-refractivity contribution in [2.45, 2.75) is 27.2 Å². The lowest BCUT2D eigenvalue weighted by molar-refractivity contribution is -0.114. The summed E-state index contributed by atoms with van der Waals surface area (Å²) in [5, 5.41) is 0. The van der Waals surface area contributed by atoms with Crippen molar-refractivity contribution in [1.82, 2.24) is 4.90 Å². The topological polar surface area (TPSA) is 20.3 Å². The number of nitrogens with zero attached hydrogens (tertiary/aromatic N) is 1. The van der Waals surface area contributed by atoms with E-state index in [4.69, 9.17) is 0 Å². The van der Waals surface area contributed by atoms with E-state index in [1.54, 1.807) is 6.08 Å². The summed E-state index contributed by atoms with van der Waals surface area (Å²) in [6.45, 7) is 7.94. The first-order chi connectivity index (χ1) is 5.24. The molecule has 0 aliphatic rings. The van der Waals surface area contributed by atoms with Gasteiger partial charge in [-0.05, 0) is 19.9 Å². The predicted octanol–water partition coefficient (Wildman–Crippen LogP) is 1.82. The molecule has 0 saturated heterocycles. The highest BCUT2D eigenvalue weighted by Gasteiger charge is 1.92. The predicted molar refractivity (Wildman–Crippen MR) is 47.4 cm³/mol. The van der Waals surface area contributed by atoms with E-state index in [1.165, 1.54) is 0 Å². The van der Waals surface area contributed by atoms with Gasteiger partial charge in [0.2, 0.25) is 0 Å². The van der Waals surface area contributed by atoms with Crippen molar-refractivity contribution in [1.29, 1.82) is 0 Å². The Hall–Kier alpha value is -0.790. The van der Waals surface area contributed by atoms with Crippen molar-refractivity contribution in [2.24, 2.45) is 0 Å². The summed E-state index contributed by atoms with van der Waals surface area (Å²) in [5.41, 5.74) is 0. The second kappa shape index (κ2) is 5.96. The molecular weight excluding hydrogens is 138 g/mol. The summed E-state index contributed by atoms with van der Waals surface area (Å²) in [4.78, 5) is 12.9. The molecule has 2 nitrogen and oxygen atoms in total. The van der Waals surface area contributed by atoms with E-state index in [1.807, 2.05) is 13.1 Å². The molecule has 0 spiro atoms. The van der Waals surface area contributed by atoms with Crippen LogP contribution >= 0.6 is 0 Å². The number of carbonyl (C=O) groups is 1. The molecule has 0 rings (SSSR count). The van der Waals surface area contributed by atoms with Crippen LogP contribution in [-0.4, -0.2) is 23.8 Å². The number of hydrogen-bond acceptors (Lipinski definition) is 2. The number of ketones is 1. The van der Waals surface area contributed by atoms with Crippen molar-refractivity contribution in [2.75, 3.05) is 13.1 Å². The lowest BCUT2D eigenvalue weighted by Gasteiger charge is -2.13. The highest BCUT2D eigenvalue weighted by molar-refractivity contribution is 5.89. The van der Waals surface area contributed by atoms with Gasteiger partial charge in [0, 0.05) is 25.7 Å². The standard InChI is InChI=1S/C9H17NO/c1-4-9(11)7-8-10(5-2)6-3/h7-8H,4-6H2,1-3H3/b8-7+. The van der Waals surface area contributed by atoms with Crippen LogP contribution in [0.15, 0.2) is 12.3 Å². The molecule has 0 aromatic carbocycles. The average molecular weight is 155 g/mol. The summed E-state index contributed by atoms with van der Waals surface area (Å²) in [5.74, 6) is 0.192. The number of carbonyl (C=O) groups excluding carboxylic acids is 1. The number of hydrogen-bond donors (Lipinski definition) is 0. The van der Waals surface area contributed by atoms with E-state index in [-0.39, 0.29) is 5.78 Å². The molecule has 0 N–H and O–H groups in total.